The van der Waals surface area contributed by atoms with Gasteiger partial charge in [-0.15, -0.1) is 12.4 Å². The van der Waals surface area contributed by atoms with Crippen molar-refractivity contribution in [2.24, 2.45) is 5.73 Å². The third-order valence-corrected chi connectivity index (χ3v) is 1.86. The predicted octanol–water partition coefficient (Wildman–Crippen LogP) is 1.03. The van der Waals surface area contributed by atoms with Crippen molar-refractivity contribution in [1.82, 2.24) is 4.90 Å². The van der Waals surface area contributed by atoms with Gasteiger partial charge in [0.15, 0.2) is 0 Å². The van der Waals surface area contributed by atoms with Crippen LogP contribution in [0.25, 0.3) is 0 Å². The zero-order chi connectivity index (χ0) is 9.68. The Morgan fingerprint density at radius 1 is 1.36 bits per heavy atom. The molecule has 0 spiro atoms. The Morgan fingerprint density at radius 2 is 1.93 bits per heavy atom. The van der Waals surface area contributed by atoms with Crippen molar-refractivity contribution < 1.29 is 4.79 Å². The standard InChI is InChI=1S/C10H14N2O.ClH/c1-12(10(13)7-11)8-9-5-3-2-4-6-9;/h2-6H,7-8,11H2,1H3;1H. The van der Waals surface area contributed by atoms with Gasteiger partial charge in [-0.25, -0.2) is 0 Å². The molecule has 0 atom stereocenters. The highest BCUT2D eigenvalue weighted by molar-refractivity contribution is 5.85. The van der Waals surface area contributed by atoms with Crippen LogP contribution >= 0.6 is 12.4 Å². The second-order valence-electron chi connectivity index (χ2n) is 2.94. The number of benzene rings is 1. The summed E-state index contributed by atoms with van der Waals surface area (Å²) in [5.74, 6) is -0.0381. The molecule has 0 saturated heterocycles. The summed E-state index contributed by atoms with van der Waals surface area (Å²) >= 11 is 0. The van der Waals surface area contributed by atoms with Crippen LogP contribution in [-0.2, 0) is 11.3 Å². The number of amides is 1. The molecule has 0 aliphatic rings. The first-order valence-electron chi connectivity index (χ1n) is 4.22. The molecule has 0 fully saturated rings. The fraction of sp³-hybridized carbons (Fsp3) is 0.300. The van der Waals surface area contributed by atoms with E-state index in [0.717, 1.165) is 5.56 Å². The molecule has 2 N–H and O–H groups in total. The van der Waals surface area contributed by atoms with Gasteiger partial charge in [0.1, 0.15) is 0 Å². The van der Waals surface area contributed by atoms with E-state index in [1.807, 2.05) is 30.3 Å². The second kappa shape index (κ2) is 6.40. The number of carbonyl (C=O) groups excluding carboxylic acids is 1. The smallest absolute Gasteiger partial charge is 0.236 e. The molecular formula is C10H15ClN2O. The first-order chi connectivity index (χ1) is 6.24. The molecule has 0 aliphatic heterocycles. The highest BCUT2D eigenvalue weighted by atomic mass is 35.5. The van der Waals surface area contributed by atoms with Crippen LogP contribution < -0.4 is 5.73 Å². The van der Waals surface area contributed by atoms with E-state index >= 15 is 0 Å². The molecule has 0 radical (unpaired) electrons. The van der Waals surface area contributed by atoms with Crippen LogP contribution in [0.4, 0.5) is 0 Å². The zero-order valence-corrected chi connectivity index (χ0v) is 8.96. The normalized spacial score (nSPS) is 9.00. The van der Waals surface area contributed by atoms with E-state index in [2.05, 4.69) is 0 Å². The summed E-state index contributed by atoms with van der Waals surface area (Å²) in [5.41, 5.74) is 6.35. The minimum atomic E-state index is -0.0381. The lowest BCUT2D eigenvalue weighted by atomic mass is 10.2. The van der Waals surface area contributed by atoms with Gasteiger partial charge in [-0.1, -0.05) is 30.3 Å². The predicted molar refractivity (Wildman–Crippen MR) is 59.2 cm³/mol. The molecule has 4 heteroatoms. The van der Waals surface area contributed by atoms with E-state index < -0.39 is 0 Å². The van der Waals surface area contributed by atoms with Crippen LogP contribution in [0, 0.1) is 0 Å². The van der Waals surface area contributed by atoms with Crippen LogP contribution in [0.5, 0.6) is 0 Å². The summed E-state index contributed by atoms with van der Waals surface area (Å²) in [7, 11) is 1.75. The average molecular weight is 215 g/mol. The molecule has 1 aromatic rings. The summed E-state index contributed by atoms with van der Waals surface area (Å²) < 4.78 is 0. The highest BCUT2D eigenvalue weighted by Crippen LogP contribution is 2.01. The van der Waals surface area contributed by atoms with Gasteiger partial charge in [0.05, 0.1) is 6.54 Å². The molecule has 0 bridgehead atoms. The number of hydrogen-bond donors (Lipinski definition) is 1. The minimum absolute atomic E-state index is 0. The van der Waals surface area contributed by atoms with Crippen molar-refractivity contribution in [3.63, 3.8) is 0 Å². The van der Waals surface area contributed by atoms with Crippen LogP contribution in [0.1, 0.15) is 5.56 Å². The summed E-state index contributed by atoms with van der Waals surface area (Å²) in [6, 6.07) is 9.83. The Hall–Kier alpha value is -1.06. The molecule has 3 nitrogen and oxygen atoms in total. The number of nitrogens with two attached hydrogens (primary N) is 1. The molecule has 1 rings (SSSR count). The second-order valence-corrected chi connectivity index (χ2v) is 2.94. The number of halogens is 1. The number of nitrogens with zero attached hydrogens (tertiary/aromatic N) is 1. The molecule has 78 valence electrons. The van der Waals surface area contributed by atoms with Gasteiger partial charge in [-0.05, 0) is 5.56 Å². The molecule has 1 amide bonds. The number of rotatable bonds is 3. The van der Waals surface area contributed by atoms with Crippen molar-refractivity contribution in [2.45, 2.75) is 6.54 Å². The van der Waals surface area contributed by atoms with Crippen molar-refractivity contribution >= 4 is 18.3 Å². The van der Waals surface area contributed by atoms with Crippen molar-refractivity contribution in [2.75, 3.05) is 13.6 Å². The molecule has 0 saturated carbocycles. The maximum atomic E-state index is 11.1. The van der Waals surface area contributed by atoms with Gasteiger partial charge < -0.3 is 10.6 Å². The van der Waals surface area contributed by atoms with Gasteiger partial charge in [0.25, 0.3) is 0 Å². The van der Waals surface area contributed by atoms with Crippen LogP contribution in [0.15, 0.2) is 30.3 Å². The van der Waals surface area contributed by atoms with E-state index in [4.69, 9.17) is 5.73 Å². The summed E-state index contributed by atoms with van der Waals surface area (Å²) in [4.78, 5) is 12.7. The first kappa shape index (κ1) is 12.9. The lowest BCUT2D eigenvalue weighted by molar-refractivity contribution is -0.128. The van der Waals surface area contributed by atoms with E-state index in [1.165, 1.54) is 0 Å². The zero-order valence-electron chi connectivity index (χ0n) is 8.14. The summed E-state index contributed by atoms with van der Waals surface area (Å²) in [6.45, 7) is 0.695. The lowest BCUT2D eigenvalue weighted by Crippen LogP contribution is -2.32. The van der Waals surface area contributed by atoms with Gasteiger partial charge in [0, 0.05) is 13.6 Å². The van der Waals surface area contributed by atoms with E-state index in [9.17, 15) is 4.79 Å². The number of likely N-dealkylation sites (N-methyl/N-ethyl adjacent to an activating group) is 1. The number of carbonyl (C=O) groups is 1. The van der Waals surface area contributed by atoms with Gasteiger partial charge in [0.2, 0.25) is 5.91 Å². The Bertz CT molecular complexity index is 277. The van der Waals surface area contributed by atoms with Crippen LogP contribution in [0.3, 0.4) is 0 Å². The Balaban J connectivity index is 0.00000169. The van der Waals surface area contributed by atoms with Crippen molar-refractivity contribution in [3.05, 3.63) is 35.9 Å². The SMILES string of the molecule is CN(Cc1ccccc1)C(=O)CN.Cl. The van der Waals surface area contributed by atoms with Gasteiger partial charge in [-0.3, -0.25) is 4.79 Å². The topological polar surface area (TPSA) is 46.3 Å². The highest BCUT2D eigenvalue weighted by Gasteiger charge is 2.05. The Kier molecular flexibility index (Phi) is 5.92. The monoisotopic (exact) mass is 214 g/mol. The minimum Gasteiger partial charge on any atom is -0.340 e. The lowest BCUT2D eigenvalue weighted by Gasteiger charge is -2.15. The van der Waals surface area contributed by atoms with E-state index in [1.54, 1.807) is 11.9 Å². The summed E-state index contributed by atoms with van der Waals surface area (Å²) in [6.07, 6.45) is 0. The Morgan fingerprint density at radius 3 is 2.43 bits per heavy atom. The maximum absolute atomic E-state index is 11.1. The molecule has 0 heterocycles. The third-order valence-electron chi connectivity index (χ3n) is 1.86. The van der Waals surface area contributed by atoms with Crippen molar-refractivity contribution in [1.29, 1.82) is 0 Å². The molecule has 14 heavy (non-hydrogen) atoms. The third kappa shape index (κ3) is 3.77. The number of hydrogen-bond acceptors (Lipinski definition) is 2. The van der Waals surface area contributed by atoms with Crippen molar-refractivity contribution in [3.8, 4) is 0 Å². The maximum Gasteiger partial charge on any atom is 0.236 e. The summed E-state index contributed by atoms with van der Waals surface area (Å²) in [5, 5.41) is 0. The largest absolute Gasteiger partial charge is 0.340 e. The fourth-order valence-corrected chi connectivity index (χ4v) is 1.10. The molecule has 0 aliphatic carbocycles. The quantitative estimate of drug-likeness (QED) is 0.817. The molecule has 1 aromatic carbocycles. The van der Waals surface area contributed by atoms with E-state index in [0.29, 0.717) is 6.54 Å². The van der Waals surface area contributed by atoms with Gasteiger partial charge in [-0.2, -0.15) is 0 Å². The Labute approximate surface area is 90.3 Å². The molecular weight excluding hydrogens is 200 g/mol. The fourth-order valence-electron chi connectivity index (χ4n) is 1.10. The van der Waals surface area contributed by atoms with Crippen LogP contribution in [0.2, 0.25) is 0 Å². The average Bonchev–Trinajstić information content (AvgIpc) is 2.18. The molecule has 0 unspecified atom stereocenters. The first-order valence-corrected chi connectivity index (χ1v) is 4.22. The van der Waals surface area contributed by atoms with Crippen LogP contribution in [-0.4, -0.2) is 24.4 Å². The van der Waals surface area contributed by atoms with Gasteiger partial charge >= 0.3 is 0 Å². The molecule has 0 aromatic heterocycles. The van der Waals surface area contributed by atoms with E-state index in [-0.39, 0.29) is 24.9 Å².